The molecule has 2 aliphatic rings. The Morgan fingerprint density at radius 3 is 2.52 bits per heavy atom. The average molecular weight is 402 g/mol. The number of nitrogens with one attached hydrogen (secondary N) is 2. The van der Waals surface area contributed by atoms with Crippen LogP contribution in [0, 0.1) is 5.92 Å². The van der Waals surface area contributed by atoms with Crippen LogP contribution in [0.3, 0.4) is 0 Å². The molecular weight excluding hydrogens is 376 g/mol. The molecule has 1 saturated carbocycles. The zero-order chi connectivity index (χ0) is 21.0. The van der Waals surface area contributed by atoms with Crippen molar-refractivity contribution in [2.75, 3.05) is 18.5 Å². The van der Waals surface area contributed by atoms with Crippen molar-refractivity contribution in [1.29, 1.82) is 0 Å². The molecule has 0 bridgehead atoms. The lowest BCUT2D eigenvalue weighted by atomic mass is 9.77. The van der Waals surface area contributed by atoms with Crippen molar-refractivity contribution in [3.8, 4) is 5.75 Å². The highest BCUT2D eigenvalue weighted by atomic mass is 16.5. The Balaban J connectivity index is 1.53. The van der Waals surface area contributed by atoms with Crippen LogP contribution in [-0.2, 0) is 14.4 Å². The first-order chi connectivity index (χ1) is 13.8. The van der Waals surface area contributed by atoms with Crippen molar-refractivity contribution >= 4 is 29.4 Å². The number of urea groups is 1. The van der Waals surface area contributed by atoms with Gasteiger partial charge in [-0.05, 0) is 55.9 Å². The molecule has 29 heavy (non-hydrogen) atoms. The summed E-state index contributed by atoms with van der Waals surface area (Å²) in [6, 6.07) is 6.03. The molecule has 0 aromatic heterocycles. The van der Waals surface area contributed by atoms with Gasteiger partial charge in [0.15, 0.2) is 0 Å². The lowest BCUT2D eigenvalue weighted by molar-refractivity contribution is -0.135. The summed E-state index contributed by atoms with van der Waals surface area (Å²) >= 11 is 0. The standard InChI is InChI=1S/C20H26N4O5/c1-13-6-9-20(10-7-13)18(27)24(19(28)23-20)12-17(26)22-14-2-4-15(5-3-14)29-11-8-16(21)25/h2-5,13H,6-12H2,1H3,(H2,21,25)(H,22,26)(H,23,28). The van der Waals surface area contributed by atoms with Gasteiger partial charge in [0.25, 0.3) is 5.91 Å². The van der Waals surface area contributed by atoms with Gasteiger partial charge in [0.1, 0.15) is 17.8 Å². The summed E-state index contributed by atoms with van der Waals surface area (Å²) in [5.41, 5.74) is 4.70. The van der Waals surface area contributed by atoms with Crippen molar-refractivity contribution in [3.63, 3.8) is 0 Å². The van der Waals surface area contributed by atoms with E-state index >= 15 is 0 Å². The second-order valence-electron chi connectivity index (χ2n) is 7.72. The van der Waals surface area contributed by atoms with Crippen LogP contribution in [0.15, 0.2) is 24.3 Å². The number of anilines is 1. The first-order valence-corrected chi connectivity index (χ1v) is 9.74. The van der Waals surface area contributed by atoms with Gasteiger partial charge in [0.05, 0.1) is 13.0 Å². The van der Waals surface area contributed by atoms with Gasteiger partial charge in [-0.25, -0.2) is 4.79 Å². The third-order valence-corrected chi connectivity index (χ3v) is 5.43. The molecule has 156 valence electrons. The Hall–Kier alpha value is -3.10. The minimum Gasteiger partial charge on any atom is -0.493 e. The van der Waals surface area contributed by atoms with Gasteiger partial charge < -0.3 is 21.1 Å². The Morgan fingerprint density at radius 1 is 1.24 bits per heavy atom. The zero-order valence-electron chi connectivity index (χ0n) is 16.4. The molecule has 9 nitrogen and oxygen atoms in total. The number of amides is 5. The number of hydrogen-bond acceptors (Lipinski definition) is 5. The zero-order valence-corrected chi connectivity index (χ0v) is 16.4. The molecule has 1 aromatic rings. The summed E-state index contributed by atoms with van der Waals surface area (Å²) in [6.45, 7) is 1.97. The monoisotopic (exact) mass is 402 g/mol. The highest BCUT2D eigenvalue weighted by Gasteiger charge is 2.52. The fourth-order valence-electron chi connectivity index (χ4n) is 3.66. The fraction of sp³-hybridized carbons (Fsp3) is 0.500. The molecule has 1 aliphatic carbocycles. The van der Waals surface area contributed by atoms with E-state index in [2.05, 4.69) is 17.6 Å². The summed E-state index contributed by atoms with van der Waals surface area (Å²) < 4.78 is 5.36. The number of carbonyl (C=O) groups is 4. The predicted molar refractivity (Wildman–Crippen MR) is 105 cm³/mol. The third-order valence-electron chi connectivity index (χ3n) is 5.43. The van der Waals surface area contributed by atoms with Crippen LogP contribution in [0.5, 0.6) is 5.75 Å². The van der Waals surface area contributed by atoms with E-state index in [-0.39, 0.29) is 25.5 Å². The van der Waals surface area contributed by atoms with Crippen molar-refractivity contribution in [1.82, 2.24) is 10.2 Å². The van der Waals surface area contributed by atoms with Crippen LogP contribution < -0.4 is 21.1 Å². The number of nitrogens with two attached hydrogens (primary N) is 1. The molecule has 0 radical (unpaired) electrons. The maximum Gasteiger partial charge on any atom is 0.325 e. The Bertz CT molecular complexity index is 800. The Morgan fingerprint density at radius 2 is 1.90 bits per heavy atom. The minimum absolute atomic E-state index is 0.116. The fourth-order valence-corrected chi connectivity index (χ4v) is 3.66. The second kappa shape index (κ2) is 8.50. The van der Waals surface area contributed by atoms with Crippen LogP contribution in [0.1, 0.15) is 39.0 Å². The maximum atomic E-state index is 12.8. The van der Waals surface area contributed by atoms with Crippen molar-refractivity contribution in [2.24, 2.45) is 11.7 Å². The van der Waals surface area contributed by atoms with Crippen LogP contribution in [-0.4, -0.2) is 47.3 Å². The summed E-state index contributed by atoms with van der Waals surface area (Å²) in [4.78, 5) is 49.1. The van der Waals surface area contributed by atoms with Gasteiger partial charge in [0, 0.05) is 5.69 Å². The van der Waals surface area contributed by atoms with Crippen LogP contribution in [0.4, 0.5) is 10.5 Å². The van der Waals surface area contributed by atoms with E-state index in [9.17, 15) is 19.2 Å². The van der Waals surface area contributed by atoms with Crippen molar-refractivity contribution in [2.45, 2.75) is 44.6 Å². The van der Waals surface area contributed by atoms with E-state index in [1.807, 2.05) is 0 Å². The first kappa shape index (κ1) is 20.6. The third kappa shape index (κ3) is 4.85. The topological polar surface area (TPSA) is 131 Å². The number of ether oxygens (including phenoxy) is 1. The molecule has 5 amide bonds. The molecular formula is C20H26N4O5. The maximum absolute atomic E-state index is 12.8. The van der Waals surface area contributed by atoms with Crippen LogP contribution in [0.25, 0.3) is 0 Å². The second-order valence-corrected chi connectivity index (χ2v) is 7.72. The van der Waals surface area contributed by atoms with Gasteiger partial charge >= 0.3 is 6.03 Å². The largest absolute Gasteiger partial charge is 0.493 e. The van der Waals surface area contributed by atoms with E-state index in [1.54, 1.807) is 24.3 Å². The number of hydrogen-bond donors (Lipinski definition) is 3. The van der Waals surface area contributed by atoms with Gasteiger partial charge in [-0.15, -0.1) is 0 Å². The normalized spacial score (nSPS) is 23.8. The molecule has 1 aromatic carbocycles. The molecule has 1 heterocycles. The van der Waals surface area contributed by atoms with E-state index in [0.717, 1.165) is 17.7 Å². The lowest BCUT2D eigenvalue weighted by Crippen LogP contribution is -2.49. The summed E-state index contributed by atoms with van der Waals surface area (Å²) in [5, 5.41) is 5.47. The van der Waals surface area contributed by atoms with E-state index in [0.29, 0.717) is 30.2 Å². The lowest BCUT2D eigenvalue weighted by Gasteiger charge is -2.33. The van der Waals surface area contributed by atoms with E-state index in [4.69, 9.17) is 10.5 Å². The van der Waals surface area contributed by atoms with Crippen LogP contribution >= 0.6 is 0 Å². The first-order valence-electron chi connectivity index (χ1n) is 9.74. The molecule has 0 atom stereocenters. The molecule has 4 N–H and O–H groups in total. The van der Waals surface area contributed by atoms with Crippen molar-refractivity contribution < 1.29 is 23.9 Å². The highest BCUT2D eigenvalue weighted by Crippen LogP contribution is 2.36. The van der Waals surface area contributed by atoms with Crippen molar-refractivity contribution in [3.05, 3.63) is 24.3 Å². The minimum atomic E-state index is -0.853. The van der Waals surface area contributed by atoms with Gasteiger partial charge in [0.2, 0.25) is 11.8 Å². The molecule has 1 spiro atoms. The molecule has 1 saturated heterocycles. The Labute approximate surface area is 168 Å². The number of imide groups is 1. The van der Waals surface area contributed by atoms with Gasteiger partial charge in [-0.2, -0.15) is 0 Å². The number of rotatable bonds is 7. The van der Waals surface area contributed by atoms with E-state index in [1.165, 1.54) is 0 Å². The molecule has 0 unspecified atom stereocenters. The number of primary amides is 1. The SMILES string of the molecule is CC1CCC2(CC1)NC(=O)N(CC(=O)Nc1ccc(OCCC(N)=O)cc1)C2=O. The molecule has 3 rings (SSSR count). The highest BCUT2D eigenvalue weighted by molar-refractivity contribution is 6.10. The van der Waals surface area contributed by atoms with E-state index < -0.39 is 23.4 Å². The summed E-state index contributed by atoms with van der Waals surface area (Å²) in [5.74, 6) is -0.156. The average Bonchev–Trinajstić information content (AvgIpc) is 2.90. The number of benzene rings is 1. The van der Waals surface area contributed by atoms with Gasteiger partial charge in [-0.1, -0.05) is 6.92 Å². The predicted octanol–water partition coefficient (Wildman–Crippen LogP) is 1.38. The molecule has 9 heteroatoms. The number of nitrogens with zero attached hydrogens (tertiary/aromatic N) is 1. The quantitative estimate of drug-likeness (QED) is 0.593. The molecule has 1 aliphatic heterocycles. The molecule has 2 fully saturated rings. The summed E-state index contributed by atoms with van der Waals surface area (Å²) in [7, 11) is 0. The Kier molecular flexibility index (Phi) is 6.05. The van der Waals surface area contributed by atoms with Gasteiger partial charge in [-0.3, -0.25) is 19.3 Å². The summed E-state index contributed by atoms with van der Waals surface area (Å²) in [6.07, 6.45) is 3.08. The van der Waals surface area contributed by atoms with Crippen LogP contribution in [0.2, 0.25) is 0 Å². The smallest absolute Gasteiger partial charge is 0.325 e. The number of carbonyl (C=O) groups excluding carboxylic acids is 4.